The van der Waals surface area contributed by atoms with Crippen LogP contribution < -0.4 is 0 Å². The average molecular weight is 297 g/mol. The zero-order valence-electron chi connectivity index (χ0n) is 12.1. The molecule has 0 saturated heterocycles. The van der Waals surface area contributed by atoms with Gasteiger partial charge in [0.2, 0.25) is 5.71 Å². The summed E-state index contributed by atoms with van der Waals surface area (Å²) in [5, 5.41) is 11.7. The van der Waals surface area contributed by atoms with Crippen LogP contribution in [0.4, 0.5) is 0 Å². The molecule has 0 radical (unpaired) electrons. The maximum absolute atomic E-state index is 5.74. The van der Waals surface area contributed by atoms with Gasteiger partial charge in [0.15, 0.2) is 0 Å². The van der Waals surface area contributed by atoms with Crippen LogP contribution in [0.1, 0.15) is 0 Å². The SMILES string of the molecule is c1cnc2c(-c3cc4c(nn3)oc3ccccc34)cccc2c1. The summed E-state index contributed by atoms with van der Waals surface area (Å²) >= 11 is 0. The Labute approximate surface area is 131 Å². The zero-order chi connectivity index (χ0) is 15.2. The van der Waals surface area contributed by atoms with Crippen molar-refractivity contribution in [2.75, 3.05) is 0 Å². The first kappa shape index (κ1) is 12.3. The molecule has 5 aromatic rings. The molecule has 4 nitrogen and oxygen atoms in total. The van der Waals surface area contributed by atoms with Gasteiger partial charge in [-0.15, -0.1) is 10.2 Å². The minimum absolute atomic E-state index is 0.558. The average Bonchev–Trinajstić information content (AvgIpc) is 2.99. The summed E-state index contributed by atoms with van der Waals surface area (Å²) in [5.41, 5.74) is 4.08. The third kappa shape index (κ3) is 1.82. The lowest BCUT2D eigenvalue weighted by Crippen LogP contribution is -1.90. The van der Waals surface area contributed by atoms with Crippen LogP contribution in [0.2, 0.25) is 0 Å². The number of rotatable bonds is 1. The molecule has 5 rings (SSSR count). The fourth-order valence-electron chi connectivity index (χ4n) is 2.97. The molecule has 0 atom stereocenters. The zero-order valence-corrected chi connectivity index (χ0v) is 12.1. The van der Waals surface area contributed by atoms with Gasteiger partial charge in [-0.1, -0.05) is 42.5 Å². The van der Waals surface area contributed by atoms with Crippen molar-refractivity contribution in [2.24, 2.45) is 0 Å². The third-order valence-electron chi connectivity index (χ3n) is 4.05. The molecule has 0 aliphatic heterocycles. The second-order valence-corrected chi connectivity index (χ2v) is 5.43. The van der Waals surface area contributed by atoms with E-state index in [0.717, 1.165) is 38.5 Å². The highest BCUT2D eigenvalue weighted by molar-refractivity contribution is 6.05. The molecule has 0 fully saturated rings. The van der Waals surface area contributed by atoms with Gasteiger partial charge in [0.25, 0.3) is 0 Å². The summed E-state index contributed by atoms with van der Waals surface area (Å²) in [6.07, 6.45) is 1.80. The van der Waals surface area contributed by atoms with Crippen LogP contribution in [0.3, 0.4) is 0 Å². The molecule has 4 heteroatoms. The Kier molecular flexibility index (Phi) is 2.46. The van der Waals surface area contributed by atoms with Gasteiger partial charge in [0, 0.05) is 22.5 Å². The van der Waals surface area contributed by atoms with Crippen molar-refractivity contribution in [1.82, 2.24) is 15.2 Å². The third-order valence-corrected chi connectivity index (χ3v) is 4.05. The van der Waals surface area contributed by atoms with E-state index < -0.39 is 0 Å². The van der Waals surface area contributed by atoms with E-state index in [2.05, 4.69) is 15.2 Å². The molecule has 0 aliphatic rings. The molecule has 0 saturated carbocycles. The number of hydrogen-bond acceptors (Lipinski definition) is 4. The summed E-state index contributed by atoms with van der Waals surface area (Å²) in [5.74, 6) is 0. The Morgan fingerprint density at radius 3 is 2.70 bits per heavy atom. The molecule has 3 heterocycles. The molecule has 108 valence electrons. The largest absolute Gasteiger partial charge is 0.436 e. The first-order valence-electron chi connectivity index (χ1n) is 7.39. The lowest BCUT2D eigenvalue weighted by atomic mass is 10.1. The van der Waals surface area contributed by atoms with E-state index >= 15 is 0 Å². The van der Waals surface area contributed by atoms with Crippen molar-refractivity contribution < 1.29 is 4.42 Å². The van der Waals surface area contributed by atoms with Crippen molar-refractivity contribution in [3.8, 4) is 11.3 Å². The fourth-order valence-corrected chi connectivity index (χ4v) is 2.97. The first-order valence-corrected chi connectivity index (χ1v) is 7.39. The Balaban J connectivity index is 1.84. The van der Waals surface area contributed by atoms with E-state index in [1.165, 1.54) is 0 Å². The monoisotopic (exact) mass is 297 g/mol. The Bertz CT molecular complexity index is 1170. The Morgan fingerprint density at radius 1 is 0.783 bits per heavy atom. The number of para-hydroxylation sites is 2. The van der Waals surface area contributed by atoms with Crippen LogP contribution in [0.15, 0.2) is 71.3 Å². The number of fused-ring (bicyclic) bond motifs is 4. The first-order chi connectivity index (χ1) is 11.4. The summed E-state index contributed by atoms with van der Waals surface area (Å²) < 4.78 is 5.74. The van der Waals surface area contributed by atoms with Crippen molar-refractivity contribution in [3.05, 3.63) is 66.9 Å². The highest BCUT2D eigenvalue weighted by atomic mass is 16.3. The van der Waals surface area contributed by atoms with Gasteiger partial charge in [-0.3, -0.25) is 4.98 Å². The second kappa shape index (κ2) is 4.61. The molecule has 0 amide bonds. The van der Waals surface area contributed by atoms with E-state index in [1.54, 1.807) is 6.20 Å². The number of hydrogen-bond donors (Lipinski definition) is 0. The maximum atomic E-state index is 5.74. The fraction of sp³-hybridized carbons (Fsp3) is 0. The van der Waals surface area contributed by atoms with E-state index in [9.17, 15) is 0 Å². The van der Waals surface area contributed by atoms with E-state index in [0.29, 0.717) is 5.71 Å². The lowest BCUT2D eigenvalue weighted by molar-refractivity contribution is 0.646. The number of pyridine rings is 1. The maximum Gasteiger partial charge on any atom is 0.247 e. The van der Waals surface area contributed by atoms with E-state index in [4.69, 9.17) is 4.42 Å². The Hall–Kier alpha value is -3.27. The van der Waals surface area contributed by atoms with Gasteiger partial charge < -0.3 is 4.42 Å². The topological polar surface area (TPSA) is 51.8 Å². The van der Waals surface area contributed by atoms with Crippen LogP contribution in [0.25, 0.3) is 44.2 Å². The predicted octanol–water partition coefficient (Wildman–Crippen LogP) is 4.59. The van der Waals surface area contributed by atoms with Crippen molar-refractivity contribution >= 4 is 33.0 Å². The van der Waals surface area contributed by atoms with Crippen molar-refractivity contribution in [1.29, 1.82) is 0 Å². The van der Waals surface area contributed by atoms with Crippen LogP contribution >= 0.6 is 0 Å². The smallest absolute Gasteiger partial charge is 0.247 e. The molecular formula is C19H11N3O. The highest BCUT2D eigenvalue weighted by Gasteiger charge is 2.12. The van der Waals surface area contributed by atoms with E-state index in [1.807, 2.05) is 60.7 Å². The molecule has 0 unspecified atom stereocenters. The second-order valence-electron chi connectivity index (χ2n) is 5.43. The van der Waals surface area contributed by atoms with Gasteiger partial charge in [0.1, 0.15) is 5.58 Å². The summed E-state index contributed by atoms with van der Waals surface area (Å²) in [6, 6.07) is 20.0. The van der Waals surface area contributed by atoms with Crippen molar-refractivity contribution in [3.63, 3.8) is 0 Å². The molecular weight excluding hydrogens is 286 g/mol. The van der Waals surface area contributed by atoms with Crippen LogP contribution in [0, 0.1) is 0 Å². The minimum Gasteiger partial charge on any atom is -0.436 e. The number of nitrogens with zero attached hydrogens (tertiary/aromatic N) is 3. The van der Waals surface area contributed by atoms with E-state index in [-0.39, 0.29) is 0 Å². The summed E-state index contributed by atoms with van der Waals surface area (Å²) in [4.78, 5) is 4.50. The number of furan rings is 1. The number of benzene rings is 2. The molecule has 23 heavy (non-hydrogen) atoms. The molecule has 0 bridgehead atoms. The van der Waals surface area contributed by atoms with Gasteiger partial charge in [-0.05, 0) is 18.2 Å². The normalized spacial score (nSPS) is 11.5. The minimum atomic E-state index is 0.558. The molecule has 2 aromatic carbocycles. The quantitative estimate of drug-likeness (QED) is 0.454. The Morgan fingerprint density at radius 2 is 1.70 bits per heavy atom. The highest BCUT2D eigenvalue weighted by Crippen LogP contribution is 2.31. The molecule has 0 spiro atoms. The standard InChI is InChI=1S/C19H11N3O/c1-2-9-17-13(7-1)15-11-16(21-22-19(15)23-17)14-8-3-5-12-6-4-10-20-18(12)14/h1-11H. The molecule has 0 aliphatic carbocycles. The van der Waals surface area contributed by atoms with Gasteiger partial charge >= 0.3 is 0 Å². The van der Waals surface area contributed by atoms with Gasteiger partial charge in [0.05, 0.1) is 16.6 Å². The van der Waals surface area contributed by atoms with Crippen molar-refractivity contribution in [2.45, 2.75) is 0 Å². The molecule has 0 N–H and O–H groups in total. The van der Waals surface area contributed by atoms with Crippen LogP contribution in [-0.4, -0.2) is 15.2 Å². The summed E-state index contributed by atoms with van der Waals surface area (Å²) in [7, 11) is 0. The molecule has 3 aromatic heterocycles. The van der Waals surface area contributed by atoms with Crippen LogP contribution in [0.5, 0.6) is 0 Å². The predicted molar refractivity (Wildman–Crippen MR) is 90.0 cm³/mol. The number of aromatic nitrogens is 3. The van der Waals surface area contributed by atoms with Crippen LogP contribution in [-0.2, 0) is 0 Å². The lowest BCUT2D eigenvalue weighted by Gasteiger charge is -2.04. The van der Waals surface area contributed by atoms with Gasteiger partial charge in [-0.25, -0.2) is 0 Å². The van der Waals surface area contributed by atoms with Gasteiger partial charge in [-0.2, -0.15) is 0 Å². The summed E-state index contributed by atoms with van der Waals surface area (Å²) in [6.45, 7) is 0.